The molecular formula is C31H32N4O2S. The van der Waals surface area contributed by atoms with E-state index in [4.69, 9.17) is 0 Å². The van der Waals surface area contributed by atoms with Gasteiger partial charge in [-0.05, 0) is 72.0 Å². The molecule has 3 heterocycles. The summed E-state index contributed by atoms with van der Waals surface area (Å²) in [5.74, 6) is 0.376. The fourth-order valence-corrected chi connectivity index (χ4v) is 5.66. The Balaban J connectivity index is 1.30. The van der Waals surface area contributed by atoms with Crippen molar-refractivity contribution in [2.45, 2.75) is 32.2 Å². The number of carbonyl (C=O) groups is 2. The first-order valence-electron chi connectivity index (χ1n) is 13.1. The molecule has 6 nitrogen and oxygen atoms in total. The van der Waals surface area contributed by atoms with Crippen LogP contribution in [0.15, 0.2) is 90.6 Å². The zero-order valence-corrected chi connectivity index (χ0v) is 22.1. The van der Waals surface area contributed by atoms with Crippen LogP contribution < -0.4 is 15.5 Å². The molecular weight excluding hydrogens is 492 g/mol. The molecule has 2 amide bonds. The van der Waals surface area contributed by atoms with Crippen LogP contribution in [0.3, 0.4) is 0 Å². The zero-order valence-electron chi connectivity index (χ0n) is 21.3. The van der Waals surface area contributed by atoms with Gasteiger partial charge < -0.3 is 15.5 Å². The fraction of sp³-hybridized carbons (Fsp3) is 0.258. The Morgan fingerprint density at radius 2 is 1.76 bits per heavy atom. The normalized spacial score (nSPS) is 13.7. The Bertz CT molecular complexity index is 1340. The van der Waals surface area contributed by atoms with E-state index in [2.05, 4.69) is 50.8 Å². The van der Waals surface area contributed by atoms with Crippen molar-refractivity contribution in [1.29, 1.82) is 0 Å². The standard InChI is InChI=1S/C31H32N4O2S/c36-30(20-27-9-5-17-38-27)34-26-10-11-29(28(19-26)31(37)33-22-25-8-4-14-32-21-25)35-15-12-24(13-16-35)18-23-6-2-1-3-7-23/h1-11,14,17,19,21,24H,12-13,15-16,18,20,22H2,(H,33,37)(H,34,36). The van der Waals surface area contributed by atoms with E-state index >= 15 is 0 Å². The van der Waals surface area contributed by atoms with Gasteiger partial charge in [0.15, 0.2) is 0 Å². The average molecular weight is 525 g/mol. The molecule has 0 radical (unpaired) electrons. The van der Waals surface area contributed by atoms with Crippen LogP contribution in [0.1, 0.15) is 39.2 Å². The summed E-state index contributed by atoms with van der Waals surface area (Å²) in [7, 11) is 0. The lowest BCUT2D eigenvalue weighted by Gasteiger charge is -2.35. The summed E-state index contributed by atoms with van der Waals surface area (Å²) in [6.45, 7) is 2.18. The van der Waals surface area contributed by atoms with Crippen molar-refractivity contribution in [1.82, 2.24) is 10.3 Å². The van der Waals surface area contributed by atoms with Gasteiger partial charge in [0.05, 0.1) is 12.0 Å². The summed E-state index contributed by atoms with van der Waals surface area (Å²) in [6, 6.07) is 24.0. The number of hydrogen-bond acceptors (Lipinski definition) is 5. The maximum Gasteiger partial charge on any atom is 0.253 e. The number of benzene rings is 2. The summed E-state index contributed by atoms with van der Waals surface area (Å²) in [5.41, 5.74) is 4.42. The van der Waals surface area contributed by atoms with E-state index in [-0.39, 0.29) is 11.8 Å². The highest BCUT2D eigenvalue weighted by molar-refractivity contribution is 7.10. The number of nitrogens with zero attached hydrogens (tertiary/aromatic N) is 2. The van der Waals surface area contributed by atoms with Crippen LogP contribution in [0.25, 0.3) is 0 Å². The first-order chi connectivity index (χ1) is 18.6. The van der Waals surface area contributed by atoms with Crippen molar-refractivity contribution >= 4 is 34.5 Å². The third kappa shape index (κ3) is 6.86. The lowest BCUT2D eigenvalue weighted by molar-refractivity contribution is -0.115. The van der Waals surface area contributed by atoms with Crippen LogP contribution in [0.4, 0.5) is 11.4 Å². The predicted octanol–water partition coefficient (Wildman–Crippen LogP) is 5.71. The molecule has 2 aromatic carbocycles. The zero-order chi connectivity index (χ0) is 26.2. The Hall–Kier alpha value is -3.97. The van der Waals surface area contributed by atoms with Crippen molar-refractivity contribution in [3.63, 3.8) is 0 Å². The fourth-order valence-electron chi connectivity index (χ4n) is 4.95. The number of pyridine rings is 1. The number of nitrogens with one attached hydrogen (secondary N) is 2. The molecule has 0 aliphatic carbocycles. The van der Waals surface area contributed by atoms with E-state index in [1.165, 1.54) is 5.56 Å². The molecule has 4 aromatic rings. The molecule has 1 fully saturated rings. The Morgan fingerprint density at radius 1 is 0.947 bits per heavy atom. The average Bonchev–Trinajstić information content (AvgIpc) is 3.46. The van der Waals surface area contributed by atoms with Crippen LogP contribution in [0, 0.1) is 5.92 Å². The maximum absolute atomic E-state index is 13.4. The smallest absolute Gasteiger partial charge is 0.253 e. The van der Waals surface area contributed by atoms with Crippen LogP contribution in [-0.2, 0) is 24.2 Å². The number of anilines is 2. The van der Waals surface area contributed by atoms with Gasteiger partial charge in [-0.1, -0.05) is 42.5 Å². The molecule has 5 rings (SSSR count). The molecule has 0 saturated carbocycles. The van der Waals surface area contributed by atoms with Gasteiger partial charge >= 0.3 is 0 Å². The molecule has 2 N–H and O–H groups in total. The Kier molecular flexibility index (Phi) is 8.46. The summed E-state index contributed by atoms with van der Waals surface area (Å²) in [5, 5.41) is 7.97. The summed E-state index contributed by atoms with van der Waals surface area (Å²) in [4.78, 5) is 33.5. The van der Waals surface area contributed by atoms with Gasteiger partial charge in [0, 0.05) is 48.3 Å². The molecule has 2 aromatic heterocycles. The minimum Gasteiger partial charge on any atom is -0.371 e. The second kappa shape index (κ2) is 12.5. The van der Waals surface area contributed by atoms with E-state index in [1.54, 1.807) is 29.8 Å². The lowest BCUT2D eigenvalue weighted by Crippen LogP contribution is -2.36. The molecule has 0 bridgehead atoms. The number of thiophene rings is 1. The first kappa shape index (κ1) is 25.7. The predicted molar refractivity (Wildman–Crippen MR) is 154 cm³/mol. The molecule has 0 unspecified atom stereocenters. The SMILES string of the molecule is O=C(Cc1cccs1)Nc1ccc(N2CCC(Cc3ccccc3)CC2)c(C(=O)NCc2cccnc2)c1. The lowest BCUT2D eigenvalue weighted by atomic mass is 9.89. The molecule has 1 aliphatic heterocycles. The monoisotopic (exact) mass is 524 g/mol. The summed E-state index contributed by atoms with van der Waals surface area (Å²) >= 11 is 1.56. The minimum atomic E-state index is -0.162. The molecule has 1 aliphatic rings. The number of hydrogen-bond donors (Lipinski definition) is 2. The summed E-state index contributed by atoms with van der Waals surface area (Å²) < 4.78 is 0. The van der Waals surface area contributed by atoms with Crippen LogP contribution >= 0.6 is 11.3 Å². The van der Waals surface area contributed by atoms with Gasteiger partial charge in [0.2, 0.25) is 5.91 Å². The van der Waals surface area contributed by atoms with Gasteiger partial charge in [-0.3, -0.25) is 14.6 Å². The summed E-state index contributed by atoms with van der Waals surface area (Å²) in [6.07, 6.45) is 7.02. The minimum absolute atomic E-state index is 0.0938. The maximum atomic E-state index is 13.4. The second-order valence-corrected chi connectivity index (χ2v) is 10.7. The topological polar surface area (TPSA) is 74.3 Å². The van der Waals surface area contributed by atoms with Gasteiger partial charge in [-0.15, -0.1) is 11.3 Å². The first-order valence-corrected chi connectivity index (χ1v) is 13.9. The number of rotatable bonds is 9. The van der Waals surface area contributed by atoms with E-state index in [9.17, 15) is 9.59 Å². The van der Waals surface area contributed by atoms with Crippen molar-refractivity contribution in [2.75, 3.05) is 23.3 Å². The number of amides is 2. The van der Waals surface area contributed by atoms with Gasteiger partial charge in [0.1, 0.15) is 0 Å². The van der Waals surface area contributed by atoms with Crippen molar-refractivity contribution in [2.24, 2.45) is 5.92 Å². The molecule has 0 spiro atoms. The second-order valence-electron chi connectivity index (χ2n) is 9.70. The van der Waals surface area contributed by atoms with E-state index in [0.29, 0.717) is 30.1 Å². The van der Waals surface area contributed by atoms with Crippen molar-refractivity contribution < 1.29 is 9.59 Å². The highest BCUT2D eigenvalue weighted by Gasteiger charge is 2.24. The Labute approximate surface area is 227 Å². The van der Waals surface area contributed by atoms with Gasteiger partial charge in [-0.25, -0.2) is 0 Å². The van der Waals surface area contributed by atoms with Crippen molar-refractivity contribution in [3.8, 4) is 0 Å². The van der Waals surface area contributed by atoms with Crippen LogP contribution in [0.2, 0.25) is 0 Å². The van der Waals surface area contributed by atoms with E-state index < -0.39 is 0 Å². The van der Waals surface area contributed by atoms with Crippen LogP contribution in [0.5, 0.6) is 0 Å². The highest BCUT2D eigenvalue weighted by Crippen LogP contribution is 2.30. The largest absolute Gasteiger partial charge is 0.371 e. The molecule has 1 saturated heterocycles. The molecule has 194 valence electrons. The van der Waals surface area contributed by atoms with E-state index in [0.717, 1.165) is 48.5 Å². The molecule has 7 heteroatoms. The number of piperidine rings is 1. The third-order valence-electron chi connectivity index (χ3n) is 6.94. The highest BCUT2D eigenvalue weighted by atomic mass is 32.1. The number of carbonyl (C=O) groups excluding carboxylic acids is 2. The quantitative estimate of drug-likeness (QED) is 0.294. The van der Waals surface area contributed by atoms with Crippen LogP contribution in [-0.4, -0.2) is 29.9 Å². The van der Waals surface area contributed by atoms with E-state index in [1.807, 2.05) is 41.8 Å². The van der Waals surface area contributed by atoms with Gasteiger partial charge in [0.25, 0.3) is 5.91 Å². The molecule has 0 atom stereocenters. The van der Waals surface area contributed by atoms with Gasteiger partial charge in [-0.2, -0.15) is 0 Å². The number of aromatic nitrogens is 1. The third-order valence-corrected chi connectivity index (χ3v) is 7.81. The van der Waals surface area contributed by atoms with Crippen molar-refractivity contribution in [3.05, 3.63) is 112 Å². The molecule has 38 heavy (non-hydrogen) atoms. The Morgan fingerprint density at radius 3 is 2.50 bits per heavy atom.